The highest BCUT2D eigenvalue weighted by atomic mass is 16.2. The van der Waals surface area contributed by atoms with E-state index in [0.29, 0.717) is 6.54 Å². The summed E-state index contributed by atoms with van der Waals surface area (Å²) in [7, 11) is 0. The fraction of sp³-hybridized carbons (Fsp3) is 0.179. The first-order chi connectivity index (χ1) is 15.7. The highest BCUT2D eigenvalue weighted by Gasteiger charge is 2.33. The summed E-state index contributed by atoms with van der Waals surface area (Å²) >= 11 is 0. The van der Waals surface area contributed by atoms with Crippen LogP contribution in [-0.2, 0) is 13.0 Å². The van der Waals surface area contributed by atoms with Crippen molar-refractivity contribution in [2.75, 3.05) is 5.32 Å². The number of para-hydroxylation sites is 2. The molecule has 0 aliphatic carbocycles. The van der Waals surface area contributed by atoms with Crippen LogP contribution in [0.3, 0.4) is 0 Å². The highest BCUT2D eigenvalue weighted by molar-refractivity contribution is 5.91. The Bertz CT molecular complexity index is 1260. The number of urea groups is 1. The van der Waals surface area contributed by atoms with E-state index in [9.17, 15) is 4.79 Å². The van der Waals surface area contributed by atoms with Crippen LogP contribution < -0.4 is 5.32 Å². The Kier molecular flexibility index (Phi) is 5.28. The van der Waals surface area contributed by atoms with Gasteiger partial charge in [-0.3, -0.25) is 0 Å². The maximum absolute atomic E-state index is 13.8. The van der Waals surface area contributed by atoms with Gasteiger partial charge in [0.05, 0.1) is 18.3 Å². The van der Waals surface area contributed by atoms with E-state index in [-0.39, 0.29) is 12.1 Å². The second kappa shape index (κ2) is 8.39. The molecular formula is C28H27N3O. The van der Waals surface area contributed by atoms with Crippen LogP contribution in [0.5, 0.6) is 0 Å². The predicted molar refractivity (Wildman–Crippen MR) is 129 cm³/mol. The van der Waals surface area contributed by atoms with Gasteiger partial charge in [0.25, 0.3) is 0 Å². The van der Waals surface area contributed by atoms with Gasteiger partial charge in [0.15, 0.2) is 0 Å². The lowest BCUT2D eigenvalue weighted by Crippen LogP contribution is -2.38. The number of amides is 2. The Labute approximate surface area is 189 Å². The third-order valence-corrected chi connectivity index (χ3v) is 6.26. The summed E-state index contributed by atoms with van der Waals surface area (Å²) in [4.78, 5) is 15.7. The van der Waals surface area contributed by atoms with Gasteiger partial charge in [-0.05, 0) is 54.3 Å². The fourth-order valence-electron chi connectivity index (χ4n) is 4.58. The zero-order valence-corrected chi connectivity index (χ0v) is 18.5. The monoisotopic (exact) mass is 421 g/mol. The minimum atomic E-state index is -0.202. The second-order valence-corrected chi connectivity index (χ2v) is 8.31. The Balaban J connectivity index is 1.63. The molecule has 0 spiro atoms. The maximum atomic E-state index is 13.8. The summed E-state index contributed by atoms with van der Waals surface area (Å²) in [6, 6.07) is 28.7. The Morgan fingerprint density at radius 2 is 1.69 bits per heavy atom. The number of nitrogens with zero attached hydrogens (tertiary/aromatic N) is 2. The van der Waals surface area contributed by atoms with Crippen LogP contribution in [0.1, 0.15) is 40.9 Å². The number of aromatic nitrogens is 1. The molecule has 160 valence electrons. The molecule has 3 aromatic carbocycles. The first kappa shape index (κ1) is 20.1. The molecule has 0 saturated heterocycles. The van der Waals surface area contributed by atoms with Crippen molar-refractivity contribution in [1.29, 1.82) is 0 Å². The number of carbonyl (C=O) groups excluding carboxylic acids is 1. The number of rotatable bonds is 3. The number of hydrogen-bond donors (Lipinski definition) is 1. The summed E-state index contributed by atoms with van der Waals surface area (Å²) in [6.45, 7) is 4.72. The van der Waals surface area contributed by atoms with E-state index in [0.717, 1.165) is 40.2 Å². The van der Waals surface area contributed by atoms with Crippen molar-refractivity contribution >= 4 is 11.7 Å². The largest absolute Gasteiger partial charge is 0.322 e. The van der Waals surface area contributed by atoms with E-state index < -0.39 is 0 Å². The fourth-order valence-corrected chi connectivity index (χ4v) is 4.58. The molecule has 4 aromatic rings. The number of fused-ring (bicyclic) bond motifs is 3. The van der Waals surface area contributed by atoms with Crippen molar-refractivity contribution in [2.45, 2.75) is 32.9 Å². The van der Waals surface area contributed by atoms with Crippen molar-refractivity contribution in [3.63, 3.8) is 0 Å². The van der Waals surface area contributed by atoms with Crippen LogP contribution >= 0.6 is 0 Å². The molecule has 1 N–H and O–H groups in total. The molecule has 2 amide bonds. The summed E-state index contributed by atoms with van der Waals surface area (Å²) in [5.74, 6) is 0. The maximum Gasteiger partial charge on any atom is 0.322 e. The van der Waals surface area contributed by atoms with Gasteiger partial charge in [-0.2, -0.15) is 0 Å². The van der Waals surface area contributed by atoms with E-state index in [1.54, 1.807) is 0 Å². The zero-order chi connectivity index (χ0) is 22.1. The van der Waals surface area contributed by atoms with Crippen LogP contribution in [-0.4, -0.2) is 15.5 Å². The van der Waals surface area contributed by atoms with Crippen molar-refractivity contribution in [1.82, 2.24) is 9.47 Å². The summed E-state index contributed by atoms with van der Waals surface area (Å²) < 4.78 is 2.22. The number of anilines is 1. The van der Waals surface area contributed by atoms with E-state index in [1.165, 1.54) is 5.56 Å². The summed E-state index contributed by atoms with van der Waals surface area (Å²) in [5, 5.41) is 3.20. The summed E-state index contributed by atoms with van der Waals surface area (Å²) in [5.41, 5.74) is 7.63. The molecule has 0 saturated carbocycles. The number of carbonyl (C=O) groups is 1. The van der Waals surface area contributed by atoms with Gasteiger partial charge in [0.1, 0.15) is 0 Å². The molecule has 1 atom stereocenters. The molecular weight excluding hydrogens is 394 g/mol. The van der Waals surface area contributed by atoms with E-state index in [4.69, 9.17) is 0 Å². The minimum absolute atomic E-state index is 0.0964. The van der Waals surface area contributed by atoms with Gasteiger partial charge in [-0.1, -0.05) is 73.2 Å². The quantitative estimate of drug-likeness (QED) is 0.404. The summed E-state index contributed by atoms with van der Waals surface area (Å²) in [6.07, 6.45) is 2.95. The Morgan fingerprint density at radius 3 is 2.50 bits per heavy atom. The first-order valence-electron chi connectivity index (χ1n) is 11.1. The van der Waals surface area contributed by atoms with Gasteiger partial charge < -0.3 is 14.8 Å². The lowest BCUT2D eigenvalue weighted by Gasteiger charge is -2.31. The van der Waals surface area contributed by atoms with Crippen LogP contribution in [0.25, 0.3) is 5.69 Å². The van der Waals surface area contributed by atoms with Gasteiger partial charge >= 0.3 is 6.03 Å². The van der Waals surface area contributed by atoms with Gasteiger partial charge in [-0.15, -0.1) is 0 Å². The average molecular weight is 422 g/mol. The third kappa shape index (κ3) is 3.58. The lowest BCUT2D eigenvalue weighted by atomic mass is 10.0. The van der Waals surface area contributed by atoms with E-state index in [1.807, 2.05) is 29.2 Å². The van der Waals surface area contributed by atoms with Gasteiger partial charge in [0, 0.05) is 17.6 Å². The Morgan fingerprint density at radius 1 is 0.938 bits per heavy atom. The minimum Gasteiger partial charge on any atom is -0.318 e. The molecule has 1 aromatic heterocycles. The Hall–Kier alpha value is -3.79. The van der Waals surface area contributed by atoms with Crippen LogP contribution in [0.2, 0.25) is 0 Å². The highest BCUT2D eigenvalue weighted by Crippen LogP contribution is 2.37. The average Bonchev–Trinajstić information content (AvgIpc) is 3.24. The molecule has 2 heterocycles. The molecule has 0 radical (unpaired) electrons. The van der Waals surface area contributed by atoms with Crippen molar-refractivity contribution < 1.29 is 4.79 Å². The second-order valence-electron chi connectivity index (χ2n) is 8.31. The molecule has 4 heteroatoms. The van der Waals surface area contributed by atoms with Crippen molar-refractivity contribution in [3.05, 3.63) is 119 Å². The SMILES string of the molecule is CCc1ccccc1NC(=O)N1Cc2ccccc2-n2cccc2[C@H]1c1ccc(C)cc1. The standard InChI is InChI=1S/C28H27N3O/c1-3-21-9-4-6-11-24(21)29-28(32)31-19-23-10-5-7-12-25(23)30-18-8-13-26(30)27(31)22-16-14-20(2)15-17-22/h4-18,27H,3,19H2,1-2H3,(H,29,32)/t27-/m1/s1. The predicted octanol–water partition coefficient (Wildman–Crippen LogP) is 6.49. The van der Waals surface area contributed by atoms with Crippen molar-refractivity contribution in [3.8, 4) is 5.69 Å². The number of benzene rings is 3. The molecule has 4 nitrogen and oxygen atoms in total. The smallest absolute Gasteiger partial charge is 0.318 e. The van der Waals surface area contributed by atoms with E-state index in [2.05, 4.69) is 90.6 Å². The van der Waals surface area contributed by atoms with Gasteiger partial charge in [-0.25, -0.2) is 4.79 Å². The molecule has 1 aliphatic heterocycles. The van der Waals surface area contributed by atoms with Crippen LogP contribution in [0, 0.1) is 6.92 Å². The number of aryl methyl sites for hydroxylation is 2. The van der Waals surface area contributed by atoms with Crippen molar-refractivity contribution in [2.24, 2.45) is 0 Å². The first-order valence-corrected chi connectivity index (χ1v) is 11.1. The zero-order valence-electron chi connectivity index (χ0n) is 18.5. The molecule has 32 heavy (non-hydrogen) atoms. The number of hydrogen-bond acceptors (Lipinski definition) is 1. The third-order valence-electron chi connectivity index (χ3n) is 6.26. The normalized spacial score (nSPS) is 14.9. The molecule has 0 fully saturated rings. The van der Waals surface area contributed by atoms with Crippen LogP contribution in [0.15, 0.2) is 91.1 Å². The molecule has 5 rings (SSSR count). The lowest BCUT2D eigenvalue weighted by molar-refractivity contribution is 0.194. The van der Waals surface area contributed by atoms with Gasteiger partial charge in [0.2, 0.25) is 0 Å². The van der Waals surface area contributed by atoms with E-state index >= 15 is 0 Å². The molecule has 1 aliphatic rings. The molecule has 0 bridgehead atoms. The van der Waals surface area contributed by atoms with Crippen LogP contribution in [0.4, 0.5) is 10.5 Å². The molecule has 0 unspecified atom stereocenters. The number of nitrogens with one attached hydrogen (secondary N) is 1. The topological polar surface area (TPSA) is 37.3 Å².